The molecule has 0 amide bonds. The molecule has 9 heteroatoms. The monoisotopic (exact) mass is 500 g/mol. The first-order valence-electron chi connectivity index (χ1n) is 11.1. The lowest BCUT2D eigenvalue weighted by Gasteiger charge is -2.17. The molecule has 0 N–H and O–H groups in total. The zero-order valence-corrected chi connectivity index (χ0v) is 19.9. The summed E-state index contributed by atoms with van der Waals surface area (Å²) in [6.45, 7) is 2.66. The molecule has 0 atom stereocenters. The van der Waals surface area contributed by atoms with Gasteiger partial charge < -0.3 is 9.30 Å². The number of hydrogen-bond acceptors (Lipinski definition) is 4. The van der Waals surface area contributed by atoms with Gasteiger partial charge in [-0.05, 0) is 36.4 Å². The fourth-order valence-electron chi connectivity index (χ4n) is 4.38. The van der Waals surface area contributed by atoms with E-state index in [1.165, 1.54) is 6.07 Å². The van der Waals surface area contributed by atoms with Gasteiger partial charge in [-0.3, -0.25) is 19.2 Å². The topological polar surface area (TPSA) is 52.3 Å². The van der Waals surface area contributed by atoms with Crippen LogP contribution in [0.1, 0.15) is 11.4 Å². The third-order valence-corrected chi connectivity index (χ3v) is 6.78. The van der Waals surface area contributed by atoms with Gasteiger partial charge in [0.15, 0.2) is 0 Å². The van der Waals surface area contributed by atoms with Gasteiger partial charge in [-0.25, -0.2) is 4.39 Å². The predicted molar refractivity (Wildman–Crippen MR) is 132 cm³/mol. The number of halogens is 3. The molecular weight excluding hydrogens is 478 g/mol. The number of ether oxygens (including phenoxy) is 1. The van der Waals surface area contributed by atoms with Crippen molar-refractivity contribution in [2.75, 3.05) is 26.3 Å². The lowest BCUT2D eigenvalue weighted by Crippen LogP contribution is -2.29. The smallest absolute Gasteiger partial charge is 0.258 e. The minimum atomic E-state index is -0.344. The van der Waals surface area contributed by atoms with E-state index in [0.717, 1.165) is 54.0 Å². The summed E-state index contributed by atoms with van der Waals surface area (Å²) in [5, 5.41) is 2.17. The van der Waals surface area contributed by atoms with E-state index in [1.54, 1.807) is 35.2 Å². The van der Waals surface area contributed by atoms with Crippen LogP contribution < -0.4 is 10.3 Å². The number of rotatable bonds is 6. The fourth-order valence-corrected chi connectivity index (χ4v) is 4.84. The van der Waals surface area contributed by atoms with Crippen molar-refractivity contribution < 1.29 is 9.13 Å². The van der Waals surface area contributed by atoms with Crippen LogP contribution >= 0.6 is 23.2 Å². The largest absolute Gasteiger partial charge is 0.487 e. The molecule has 0 unspecified atom stereocenters. The first kappa shape index (κ1) is 22.9. The van der Waals surface area contributed by atoms with Gasteiger partial charge in [0, 0.05) is 73.3 Å². The second kappa shape index (κ2) is 9.78. The first-order chi connectivity index (χ1) is 16.5. The number of aromatic nitrogens is 3. The Morgan fingerprint density at radius 2 is 1.94 bits per heavy atom. The van der Waals surface area contributed by atoms with Crippen LogP contribution in [-0.4, -0.2) is 45.3 Å². The van der Waals surface area contributed by atoms with E-state index in [9.17, 15) is 9.18 Å². The van der Waals surface area contributed by atoms with Crippen molar-refractivity contribution in [2.45, 2.75) is 19.6 Å². The van der Waals surface area contributed by atoms with Gasteiger partial charge in [0.25, 0.3) is 5.56 Å². The molecule has 4 heterocycles. The number of nitrogens with zero attached hydrogens (tertiary/aromatic N) is 4. The van der Waals surface area contributed by atoms with E-state index in [2.05, 4.69) is 14.5 Å². The van der Waals surface area contributed by atoms with Crippen LogP contribution in [0.25, 0.3) is 16.6 Å². The highest BCUT2D eigenvalue weighted by molar-refractivity contribution is 6.36. The highest BCUT2D eigenvalue weighted by atomic mass is 35.5. The van der Waals surface area contributed by atoms with Crippen LogP contribution in [0, 0.1) is 0 Å². The summed E-state index contributed by atoms with van der Waals surface area (Å²) in [5.74, 6) is 0.463. The van der Waals surface area contributed by atoms with E-state index < -0.39 is 0 Å². The van der Waals surface area contributed by atoms with E-state index in [-0.39, 0.29) is 18.8 Å². The quantitative estimate of drug-likeness (QED) is 0.377. The van der Waals surface area contributed by atoms with Crippen molar-refractivity contribution >= 4 is 34.1 Å². The van der Waals surface area contributed by atoms with Gasteiger partial charge in [-0.15, -0.1) is 0 Å². The molecule has 1 aliphatic heterocycles. The average Bonchev–Trinajstić information content (AvgIpc) is 2.96. The molecular formula is C25H23Cl2FN4O2. The Morgan fingerprint density at radius 3 is 2.71 bits per heavy atom. The van der Waals surface area contributed by atoms with Crippen LogP contribution in [0.3, 0.4) is 0 Å². The van der Waals surface area contributed by atoms with E-state index in [1.807, 2.05) is 18.2 Å². The molecule has 0 radical (unpaired) electrons. The average molecular weight is 501 g/mol. The van der Waals surface area contributed by atoms with E-state index >= 15 is 0 Å². The number of hydrogen-bond donors (Lipinski definition) is 0. The lowest BCUT2D eigenvalue weighted by molar-refractivity contribution is 0.253. The standard InChI is InChI=1S/C25H23Cl2FN4O2/c26-17-1-2-18(29-15-17)16-34-20-5-9-31(24(33)14-20)19-3-4-22-21(13-19)25(27)23-6-8-30(10-7-28)11-12-32(22)23/h1-5,9,13-15H,6-8,10-12,16H2. The number of pyridine rings is 2. The van der Waals surface area contributed by atoms with Crippen molar-refractivity contribution in [1.29, 1.82) is 0 Å². The van der Waals surface area contributed by atoms with Crippen molar-refractivity contribution in [3.05, 3.63) is 86.6 Å². The maximum absolute atomic E-state index is 12.8. The van der Waals surface area contributed by atoms with Gasteiger partial charge in [-0.2, -0.15) is 0 Å². The second-order valence-corrected chi connectivity index (χ2v) is 9.04. The summed E-state index contributed by atoms with van der Waals surface area (Å²) >= 11 is 12.6. The number of alkyl halides is 1. The molecule has 3 aromatic heterocycles. The van der Waals surface area contributed by atoms with Crippen molar-refractivity contribution in [3.8, 4) is 11.4 Å². The Labute approximate surface area is 206 Å². The SMILES string of the molecule is O=c1cc(OCc2ccc(Cl)cn2)ccn1-c1ccc2c(c1)c(Cl)c1n2CCN(CCF)CC1. The zero-order valence-electron chi connectivity index (χ0n) is 18.4. The van der Waals surface area contributed by atoms with Crippen LogP contribution in [0.5, 0.6) is 5.75 Å². The third-order valence-electron chi connectivity index (χ3n) is 6.14. The highest BCUT2D eigenvalue weighted by Gasteiger charge is 2.21. The van der Waals surface area contributed by atoms with Gasteiger partial charge in [0.1, 0.15) is 19.0 Å². The summed E-state index contributed by atoms with van der Waals surface area (Å²) in [4.78, 5) is 19.1. The van der Waals surface area contributed by atoms with Gasteiger partial charge in [0.2, 0.25) is 0 Å². The number of fused-ring (bicyclic) bond motifs is 3. The second-order valence-electron chi connectivity index (χ2n) is 8.22. The minimum absolute atomic E-state index is 0.209. The fraction of sp³-hybridized carbons (Fsp3) is 0.280. The van der Waals surface area contributed by atoms with Gasteiger partial charge in [0.05, 0.1) is 15.7 Å². The summed E-state index contributed by atoms with van der Waals surface area (Å²) in [5.41, 5.74) is 3.32. The lowest BCUT2D eigenvalue weighted by atomic mass is 10.2. The Morgan fingerprint density at radius 1 is 1.06 bits per heavy atom. The summed E-state index contributed by atoms with van der Waals surface area (Å²) < 4.78 is 22.3. The van der Waals surface area contributed by atoms with Crippen LogP contribution in [0.2, 0.25) is 10.0 Å². The molecule has 5 rings (SSSR count). The van der Waals surface area contributed by atoms with Crippen molar-refractivity contribution in [3.63, 3.8) is 0 Å². The predicted octanol–water partition coefficient (Wildman–Crippen LogP) is 4.90. The van der Waals surface area contributed by atoms with Crippen LogP contribution in [0.4, 0.5) is 4.39 Å². The number of benzene rings is 1. The molecule has 0 spiro atoms. The third kappa shape index (κ3) is 4.56. The molecule has 1 aromatic carbocycles. The van der Waals surface area contributed by atoms with Gasteiger partial charge >= 0.3 is 0 Å². The summed E-state index contributed by atoms with van der Waals surface area (Å²) in [6.07, 6.45) is 4.01. The molecule has 0 bridgehead atoms. The molecule has 0 aliphatic carbocycles. The molecule has 34 heavy (non-hydrogen) atoms. The van der Waals surface area contributed by atoms with Crippen LogP contribution in [-0.2, 0) is 19.6 Å². The molecule has 176 valence electrons. The van der Waals surface area contributed by atoms with E-state index in [0.29, 0.717) is 22.3 Å². The zero-order chi connectivity index (χ0) is 23.7. The Kier molecular flexibility index (Phi) is 6.59. The Bertz CT molecular complexity index is 1380. The van der Waals surface area contributed by atoms with Crippen molar-refractivity contribution in [2.24, 2.45) is 0 Å². The summed E-state index contributed by atoms with van der Waals surface area (Å²) in [7, 11) is 0. The maximum Gasteiger partial charge on any atom is 0.258 e. The highest BCUT2D eigenvalue weighted by Crippen LogP contribution is 2.33. The minimum Gasteiger partial charge on any atom is -0.487 e. The first-order valence-corrected chi connectivity index (χ1v) is 11.8. The molecule has 4 aromatic rings. The van der Waals surface area contributed by atoms with Crippen molar-refractivity contribution in [1.82, 2.24) is 19.0 Å². The molecule has 0 saturated heterocycles. The molecule has 0 fully saturated rings. The molecule has 0 saturated carbocycles. The Balaban J connectivity index is 1.39. The maximum atomic E-state index is 12.8. The van der Waals surface area contributed by atoms with Gasteiger partial charge in [-0.1, -0.05) is 23.2 Å². The molecule has 1 aliphatic rings. The van der Waals surface area contributed by atoms with E-state index in [4.69, 9.17) is 27.9 Å². The van der Waals surface area contributed by atoms with Crippen LogP contribution in [0.15, 0.2) is 59.7 Å². The normalized spacial score (nSPS) is 14.2. The molecule has 6 nitrogen and oxygen atoms in total. The summed E-state index contributed by atoms with van der Waals surface area (Å²) in [6, 6.07) is 12.6. The Hall–Kier alpha value is -2.87.